The highest BCUT2D eigenvalue weighted by atomic mass is 35.5. The van der Waals surface area contributed by atoms with Crippen LogP contribution in [0.25, 0.3) is 6.08 Å². The molecule has 0 saturated carbocycles. The van der Waals surface area contributed by atoms with Gasteiger partial charge in [0, 0.05) is 16.4 Å². The maximum Gasteiger partial charge on any atom is 0.340 e. The summed E-state index contributed by atoms with van der Waals surface area (Å²) in [5.74, 6) is -0.156. The summed E-state index contributed by atoms with van der Waals surface area (Å²) in [4.78, 5) is 27.1. The number of ether oxygens (including phenoxy) is 2. The van der Waals surface area contributed by atoms with Crippen LogP contribution in [0.2, 0.25) is 5.02 Å². The van der Waals surface area contributed by atoms with Gasteiger partial charge in [0.25, 0.3) is 5.91 Å². The molecule has 0 unspecified atom stereocenters. The molecule has 1 aliphatic rings. The topological polar surface area (TPSA) is 55.8 Å². The fraction of sp³-hybridized carbons (Fsp3) is 0.182. The minimum Gasteiger partial charge on any atom is -0.494 e. The minimum atomic E-state index is -0.562. The third kappa shape index (κ3) is 3.80. The van der Waals surface area contributed by atoms with Crippen LogP contribution in [0.15, 0.2) is 65.4 Å². The summed E-state index contributed by atoms with van der Waals surface area (Å²) in [6.45, 7) is 4.18. The highest BCUT2D eigenvalue weighted by molar-refractivity contribution is 6.30. The molecule has 1 amide bonds. The van der Waals surface area contributed by atoms with Gasteiger partial charge in [-0.05, 0) is 61.9 Å². The molecule has 28 heavy (non-hydrogen) atoms. The molecule has 3 rings (SSSR count). The second-order valence-corrected chi connectivity index (χ2v) is 6.57. The van der Waals surface area contributed by atoms with Crippen molar-refractivity contribution in [2.45, 2.75) is 13.8 Å². The summed E-state index contributed by atoms with van der Waals surface area (Å²) < 4.78 is 10.4. The first-order valence-corrected chi connectivity index (χ1v) is 9.18. The molecule has 0 bridgehead atoms. The van der Waals surface area contributed by atoms with E-state index in [1.807, 2.05) is 13.0 Å². The van der Waals surface area contributed by atoms with E-state index >= 15 is 0 Å². The van der Waals surface area contributed by atoms with Crippen molar-refractivity contribution in [1.82, 2.24) is 0 Å². The molecule has 0 atom stereocenters. The molecule has 0 spiro atoms. The largest absolute Gasteiger partial charge is 0.494 e. The number of esters is 1. The van der Waals surface area contributed by atoms with E-state index in [-0.39, 0.29) is 17.1 Å². The monoisotopic (exact) mass is 397 g/mol. The summed E-state index contributed by atoms with van der Waals surface area (Å²) in [5.41, 5.74) is 2.37. The van der Waals surface area contributed by atoms with Crippen molar-refractivity contribution >= 4 is 35.2 Å². The van der Waals surface area contributed by atoms with Gasteiger partial charge in [0.05, 0.1) is 24.9 Å². The Kier molecular flexibility index (Phi) is 5.85. The van der Waals surface area contributed by atoms with Crippen LogP contribution in [0.5, 0.6) is 5.75 Å². The molecule has 2 aromatic carbocycles. The highest BCUT2D eigenvalue weighted by Gasteiger charge is 2.37. The molecular weight excluding hydrogens is 378 g/mol. The number of hydrogen-bond donors (Lipinski definition) is 0. The van der Waals surface area contributed by atoms with Crippen molar-refractivity contribution in [1.29, 1.82) is 0 Å². The SMILES string of the molecule is CCOc1ccc(N2C(=O)/C(=C\c3cccc(Cl)c3)C(C(=O)OC)=C2C)cc1. The number of halogens is 1. The van der Waals surface area contributed by atoms with Crippen LogP contribution in [0.3, 0.4) is 0 Å². The lowest BCUT2D eigenvalue weighted by Gasteiger charge is -2.18. The first kappa shape index (κ1) is 19.7. The number of rotatable bonds is 5. The maximum atomic E-state index is 13.2. The van der Waals surface area contributed by atoms with Crippen molar-refractivity contribution in [2.24, 2.45) is 0 Å². The normalized spacial score (nSPS) is 15.4. The molecular formula is C22H20ClNO4. The Morgan fingerprint density at radius 2 is 1.89 bits per heavy atom. The molecule has 0 saturated heterocycles. The van der Waals surface area contributed by atoms with Crippen molar-refractivity contribution in [3.63, 3.8) is 0 Å². The number of allylic oxidation sites excluding steroid dienone is 1. The first-order valence-electron chi connectivity index (χ1n) is 8.80. The highest BCUT2D eigenvalue weighted by Crippen LogP contribution is 2.36. The van der Waals surface area contributed by atoms with Crippen LogP contribution >= 0.6 is 11.6 Å². The van der Waals surface area contributed by atoms with Gasteiger partial charge in [0.2, 0.25) is 0 Å². The second kappa shape index (κ2) is 8.31. The molecule has 5 nitrogen and oxygen atoms in total. The first-order chi connectivity index (χ1) is 13.5. The number of benzene rings is 2. The lowest BCUT2D eigenvalue weighted by Crippen LogP contribution is -2.24. The molecule has 6 heteroatoms. The lowest BCUT2D eigenvalue weighted by atomic mass is 10.0. The Morgan fingerprint density at radius 1 is 1.18 bits per heavy atom. The zero-order chi connectivity index (χ0) is 20.3. The molecule has 2 aromatic rings. The average Bonchev–Trinajstić information content (AvgIpc) is 2.92. The number of hydrogen-bond acceptors (Lipinski definition) is 4. The third-order valence-corrected chi connectivity index (χ3v) is 4.59. The summed E-state index contributed by atoms with van der Waals surface area (Å²) in [6, 6.07) is 14.2. The number of anilines is 1. The molecule has 1 heterocycles. The molecule has 0 radical (unpaired) electrons. The number of amides is 1. The van der Waals surface area contributed by atoms with Gasteiger partial charge >= 0.3 is 5.97 Å². The Bertz CT molecular complexity index is 976. The van der Waals surface area contributed by atoms with E-state index in [1.165, 1.54) is 12.0 Å². The van der Waals surface area contributed by atoms with Gasteiger partial charge in [-0.15, -0.1) is 0 Å². The van der Waals surface area contributed by atoms with Gasteiger partial charge in [0.1, 0.15) is 5.75 Å². The molecule has 0 aliphatic carbocycles. The van der Waals surface area contributed by atoms with Gasteiger partial charge in [-0.2, -0.15) is 0 Å². The summed E-state index contributed by atoms with van der Waals surface area (Å²) in [5, 5.41) is 0.545. The van der Waals surface area contributed by atoms with Gasteiger partial charge in [-0.25, -0.2) is 4.79 Å². The maximum absolute atomic E-state index is 13.2. The number of methoxy groups -OCH3 is 1. The Balaban J connectivity index is 2.07. The van der Waals surface area contributed by atoms with Crippen molar-refractivity contribution in [3.05, 3.63) is 76.0 Å². The molecule has 144 valence electrons. The van der Waals surface area contributed by atoms with E-state index in [2.05, 4.69) is 0 Å². The van der Waals surface area contributed by atoms with Gasteiger partial charge in [0.15, 0.2) is 0 Å². The zero-order valence-electron chi connectivity index (χ0n) is 15.9. The zero-order valence-corrected chi connectivity index (χ0v) is 16.6. The number of nitrogens with zero attached hydrogens (tertiary/aromatic N) is 1. The number of carbonyl (C=O) groups excluding carboxylic acids is 2. The molecule has 0 fully saturated rings. The molecule has 1 aliphatic heterocycles. The van der Waals surface area contributed by atoms with Crippen LogP contribution < -0.4 is 9.64 Å². The fourth-order valence-corrected chi connectivity index (χ4v) is 3.31. The standard InChI is InChI=1S/C22H20ClNO4/c1-4-28-18-10-8-17(9-11-18)24-14(2)20(22(26)27-3)19(21(24)25)13-15-6-5-7-16(23)12-15/h5-13H,4H2,1-3H3/b19-13-. The Morgan fingerprint density at radius 3 is 2.50 bits per heavy atom. The summed E-state index contributed by atoms with van der Waals surface area (Å²) in [7, 11) is 1.30. The van der Waals surface area contributed by atoms with Gasteiger partial charge in [-0.1, -0.05) is 23.7 Å². The lowest BCUT2D eigenvalue weighted by molar-refractivity contribution is -0.136. The summed E-state index contributed by atoms with van der Waals surface area (Å²) in [6.07, 6.45) is 1.65. The predicted octanol–water partition coefficient (Wildman–Crippen LogP) is 4.62. The van der Waals surface area contributed by atoms with Crippen molar-refractivity contribution in [3.8, 4) is 5.75 Å². The van der Waals surface area contributed by atoms with Crippen molar-refractivity contribution < 1.29 is 19.1 Å². The van der Waals surface area contributed by atoms with E-state index in [0.29, 0.717) is 28.8 Å². The van der Waals surface area contributed by atoms with Crippen LogP contribution in [0.4, 0.5) is 5.69 Å². The number of carbonyl (C=O) groups is 2. The Labute approximate surface area is 168 Å². The van der Waals surface area contributed by atoms with E-state index in [9.17, 15) is 9.59 Å². The average molecular weight is 398 g/mol. The predicted molar refractivity (Wildman–Crippen MR) is 109 cm³/mol. The Hall–Kier alpha value is -3.05. The minimum absolute atomic E-state index is 0.237. The van der Waals surface area contributed by atoms with Crippen LogP contribution in [-0.2, 0) is 14.3 Å². The van der Waals surface area contributed by atoms with E-state index in [0.717, 1.165) is 5.56 Å². The van der Waals surface area contributed by atoms with Crippen LogP contribution in [0, 0.1) is 0 Å². The van der Waals surface area contributed by atoms with Crippen LogP contribution in [-0.4, -0.2) is 25.6 Å². The molecule has 0 aromatic heterocycles. The van der Waals surface area contributed by atoms with Crippen LogP contribution in [0.1, 0.15) is 19.4 Å². The van der Waals surface area contributed by atoms with Gasteiger partial charge in [-0.3, -0.25) is 9.69 Å². The smallest absolute Gasteiger partial charge is 0.340 e. The summed E-state index contributed by atoms with van der Waals surface area (Å²) >= 11 is 6.05. The van der Waals surface area contributed by atoms with Gasteiger partial charge < -0.3 is 9.47 Å². The fourth-order valence-electron chi connectivity index (χ4n) is 3.11. The second-order valence-electron chi connectivity index (χ2n) is 6.13. The van der Waals surface area contributed by atoms with Crippen molar-refractivity contribution in [2.75, 3.05) is 18.6 Å². The quantitative estimate of drug-likeness (QED) is 0.545. The van der Waals surface area contributed by atoms with E-state index in [1.54, 1.807) is 55.5 Å². The molecule has 0 N–H and O–H groups in total. The third-order valence-electron chi connectivity index (χ3n) is 4.36. The van der Waals surface area contributed by atoms with E-state index < -0.39 is 5.97 Å². The van der Waals surface area contributed by atoms with E-state index in [4.69, 9.17) is 21.1 Å².